The van der Waals surface area contributed by atoms with E-state index in [-0.39, 0.29) is 17.7 Å². The van der Waals surface area contributed by atoms with E-state index in [1.165, 1.54) is 11.3 Å². The van der Waals surface area contributed by atoms with Gasteiger partial charge in [0.1, 0.15) is 0 Å². The Morgan fingerprint density at radius 3 is 2.32 bits per heavy atom. The van der Waals surface area contributed by atoms with Crippen molar-refractivity contribution >= 4 is 17.5 Å². The van der Waals surface area contributed by atoms with Crippen molar-refractivity contribution in [2.45, 2.75) is 32.1 Å². The van der Waals surface area contributed by atoms with Crippen molar-refractivity contribution in [3.05, 3.63) is 42.0 Å². The number of imide groups is 1. The summed E-state index contributed by atoms with van der Waals surface area (Å²) in [6, 6.07) is 9.16. The first kappa shape index (κ1) is 12.2. The number of para-hydroxylation sites is 1. The third-order valence-electron chi connectivity index (χ3n) is 4.01. The number of benzene rings is 1. The standard InChI is InChI=1S/C16H17NO2/c18-15-11-14(12-7-3-1-4-8-12)16(19)17(15)13-9-5-2-6-10-13/h2,5-6,9-12H,1,3-4,7-8H2. The van der Waals surface area contributed by atoms with E-state index in [9.17, 15) is 9.59 Å². The molecule has 1 aromatic carbocycles. The smallest absolute Gasteiger partial charge is 0.261 e. The maximum atomic E-state index is 12.5. The van der Waals surface area contributed by atoms with Crippen LogP contribution in [-0.2, 0) is 9.59 Å². The van der Waals surface area contributed by atoms with Gasteiger partial charge in [0.05, 0.1) is 5.69 Å². The van der Waals surface area contributed by atoms with Crippen molar-refractivity contribution in [2.24, 2.45) is 5.92 Å². The Morgan fingerprint density at radius 2 is 1.63 bits per heavy atom. The van der Waals surface area contributed by atoms with Gasteiger partial charge in [0.15, 0.2) is 0 Å². The first-order valence-electron chi connectivity index (χ1n) is 6.92. The zero-order chi connectivity index (χ0) is 13.2. The molecule has 3 nitrogen and oxygen atoms in total. The minimum absolute atomic E-state index is 0.122. The third kappa shape index (κ3) is 2.21. The number of anilines is 1. The van der Waals surface area contributed by atoms with Crippen molar-refractivity contribution in [2.75, 3.05) is 4.90 Å². The molecule has 2 aliphatic rings. The molecule has 0 saturated heterocycles. The van der Waals surface area contributed by atoms with Gasteiger partial charge >= 0.3 is 0 Å². The highest BCUT2D eigenvalue weighted by atomic mass is 16.2. The SMILES string of the molecule is O=C1C=C(C2CCCCC2)C(=O)N1c1ccccc1. The molecule has 0 spiro atoms. The largest absolute Gasteiger partial charge is 0.269 e. The summed E-state index contributed by atoms with van der Waals surface area (Å²) in [6.07, 6.45) is 7.18. The lowest BCUT2D eigenvalue weighted by molar-refractivity contribution is -0.120. The van der Waals surface area contributed by atoms with Crippen molar-refractivity contribution in [3.8, 4) is 0 Å². The first-order chi connectivity index (χ1) is 9.27. The summed E-state index contributed by atoms with van der Waals surface area (Å²) >= 11 is 0. The second-order valence-electron chi connectivity index (χ2n) is 5.25. The highest BCUT2D eigenvalue weighted by Gasteiger charge is 2.36. The lowest BCUT2D eigenvalue weighted by Crippen LogP contribution is -2.32. The average molecular weight is 255 g/mol. The number of carbonyl (C=O) groups is 2. The van der Waals surface area contributed by atoms with Crippen LogP contribution in [0.3, 0.4) is 0 Å². The lowest BCUT2D eigenvalue weighted by atomic mass is 9.84. The summed E-state index contributed by atoms with van der Waals surface area (Å²) in [4.78, 5) is 25.8. The predicted molar refractivity (Wildman–Crippen MR) is 73.6 cm³/mol. The number of hydrogen-bond donors (Lipinski definition) is 0. The molecule has 0 bridgehead atoms. The van der Waals surface area contributed by atoms with Gasteiger partial charge in [-0.05, 0) is 30.9 Å². The fraction of sp³-hybridized carbons (Fsp3) is 0.375. The summed E-state index contributed by atoms with van der Waals surface area (Å²) in [5.74, 6) is -0.0428. The molecule has 2 amide bonds. The van der Waals surface area contributed by atoms with Crippen molar-refractivity contribution in [3.63, 3.8) is 0 Å². The van der Waals surface area contributed by atoms with Crippen LogP contribution in [0.1, 0.15) is 32.1 Å². The van der Waals surface area contributed by atoms with Crippen LogP contribution in [0.25, 0.3) is 0 Å². The highest BCUT2D eigenvalue weighted by Crippen LogP contribution is 2.34. The molecule has 0 N–H and O–H groups in total. The Bertz CT molecular complexity index is 527. The van der Waals surface area contributed by atoms with Crippen LogP contribution in [0.4, 0.5) is 5.69 Å². The summed E-state index contributed by atoms with van der Waals surface area (Å²) in [7, 11) is 0. The monoisotopic (exact) mass is 255 g/mol. The lowest BCUT2D eigenvalue weighted by Gasteiger charge is -2.23. The van der Waals surface area contributed by atoms with Crippen molar-refractivity contribution < 1.29 is 9.59 Å². The summed E-state index contributed by atoms with van der Waals surface area (Å²) < 4.78 is 0. The van der Waals surface area contributed by atoms with E-state index in [0.29, 0.717) is 11.3 Å². The van der Waals surface area contributed by atoms with Crippen LogP contribution in [0, 0.1) is 5.92 Å². The Labute approximate surface area is 112 Å². The molecule has 3 rings (SSSR count). The van der Waals surface area contributed by atoms with Crippen LogP contribution in [0.5, 0.6) is 0 Å². The van der Waals surface area contributed by atoms with Gasteiger partial charge in [-0.25, -0.2) is 4.90 Å². The Balaban J connectivity index is 1.85. The summed E-state index contributed by atoms with van der Waals surface area (Å²) in [5.41, 5.74) is 1.38. The molecule has 0 aromatic heterocycles. The van der Waals surface area contributed by atoms with Gasteiger partial charge in [0.25, 0.3) is 11.8 Å². The fourth-order valence-corrected chi connectivity index (χ4v) is 3.02. The quantitative estimate of drug-likeness (QED) is 0.762. The minimum Gasteiger partial charge on any atom is -0.269 e. The minimum atomic E-state index is -0.197. The molecular weight excluding hydrogens is 238 g/mol. The van der Waals surface area contributed by atoms with Gasteiger partial charge in [-0.3, -0.25) is 9.59 Å². The molecule has 1 fully saturated rings. The van der Waals surface area contributed by atoms with E-state index in [4.69, 9.17) is 0 Å². The fourth-order valence-electron chi connectivity index (χ4n) is 3.02. The molecule has 0 unspecified atom stereocenters. The number of rotatable bonds is 2. The molecule has 1 aliphatic heterocycles. The van der Waals surface area contributed by atoms with Gasteiger partial charge < -0.3 is 0 Å². The maximum Gasteiger partial charge on any atom is 0.261 e. The van der Waals surface area contributed by atoms with Crippen LogP contribution >= 0.6 is 0 Å². The number of hydrogen-bond acceptors (Lipinski definition) is 2. The van der Waals surface area contributed by atoms with E-state index in [2.05, 4.69) is 0 Å². The normalized spacial score (nSPS) is 20.8. The van der Waals surface area contributed by atoms with Gasteiger partial charge in [-0.15, -0.1) is 0 Å². The van der Waals surface area contributed by atoms with Crippen LogP contribution < -0.4 is 4.90 Å². The van der Waals surface area contributed by atoms with E-state index >= 15 is 0 Å². The molecule has 1 saturated carbocycles. The van der Waals surface area contributed by atoms with Gasteiger partial charge in [0.2, 0.25) is 0 Å². The molecule has 0 atom stereocenters. The highest BCUT2D eigenvalue weighted by molar-refractivity contribution is 6.30. The Kier molecular flexibility index (Phi) is 3.20. The van der Waals surface area contributed by atoms with Crippen molar-refractivity contribution in [1.29, 1.82) is 0 Å². The predicted octanol–water partition coefficient (Wildman–Crippen LogP) is 3.07. The van der Waals surface area contributed by atoms with E-state index in [1.54, 1.807) is 18.2 Å². The van der Waals surface area contributed by atoms with E-state index in [0.717, 1.165) is 25.7 Å². The Hall–Kier alpha value is -1.90. The van der Waals surface area contributed by atoms with Crippen molar-refractivity contribution in [1.82, 2.24) is 0 Å². The number of carbonyl (C=O) groups excluding carboxylic acids is 2. The molecule has 19 heavy (non-hydrogen) atoms. The molecule has 0 radical (unpaired) electrons. The first-order valence-corrected chi connectivity index (χ1v) is 6.92. The number of amides is 2. The molecular formula is C16H17NO2. The second kappa shape index (κ2) is 5.00. The topological polar surface area (TPSA) is 37.4 Å². The van der Waals surface area contributed by atoms with Gasteiger partial charge in [-0.2, -0.15) is 0 Å². The molecule has 1 aromatic rings. The van der Waals surface area contributed by atoms with E-state index < -0.39 is 0 Å². The van der Waals surface area contributed by atoms with Crippen LogP contribution in [-0.4, -0.2) is 11.8 Å². The molecule has 1 heterocycles. The third-order valence-corrected chi connectivity index (χ3v) is 4.01. The molecule has 3 heteroatoms. The zero-order valence-electron chi connectivity index (χ0n) is 10.8. The Morgan fingerprint density at radius 1 is 0.947 bits per heavy atom. The second-order valence-corrected chi connectivity index (χ2v) is 5.25. The van der Waals surface area contributed by atoms with Crippen LogP contribution in [0.2, 0.25) is 0 Å². The molecule has 98 valence electrons. The summed E-state index contributed by atoms with van der Waals surface area (Å²) in [6.45, 7) is 0. The van der Waals surface area contributed by atoms with Crippen LogP contribution in [0.15, 0.2) is 42.0 Å². The van der Waals surface area contributed by atoms with E-state index in [1.807, 2.05) is 18.2 Å². The summed E-state index contributed by atoms with van der Waals surface area (Å²) in [5, 5.41) is 0. The number of nitrogens with zero attached hydrogens (tertiary/aromatic N) is 1. The van der Waals surface area contributed by atoms with Gasteiger partial charge in [0, 0.05) is 11.6 Å². The average Bonchev–Trinajstić information content (AvgIpc) is 2.76. The zero-order valence-corrected chi connectivity index (χ0v) is 10.8. The van der Waals surface area contributed by atoms with Gasteiger partial charge in [-0.1, -0.05) is 37.5 Å². The maximum absolute atomic E-state index is 12.5. The molecule has 1 aliphatic carbocycles.